The number of nitro benzene ring substituents is 1. The first-order valence-electron chi connectivity index (χ1n) is 6.80. The fourth-order valence-corrected chi connectivity index (χ4v) is 3.48. The number of hydrogen-bond acceptors (Lipinski definition) is 4. The number of anilines is 1. The number of nitrogens with zero attached hydrogens (tertiary/aromatic N) is 2. The Hall–Kier alpha value is -1.62. The lowest BCUT2D eigenvalue weighted by molar-refractivity contribution is -0.385. The molecular formula is C14H19N3O2. The SMILES string of the molecule is Cc1ccc(N2CC3CNCC3C2C)cc1[N+](=O)[O-]. The summed E-state index contributed by atoms with van der Waals surface area (Å²) < 4.78 is 0. The zero-order valence-electron chi connectivity index (χ0n) is 11.3. The van der Waals surface area contributed by atoms with E-state index in [2.05, 4.69) is 17.1 Å². The van der Waals surface area contributed by atoms with Crippen molar-refractivity contribution in [3.8, 4) is 0 Å². The number of rotatable bonds is 2. The van der Waals surface area contributed by atoms with Gasteiger partial charge in [0.2, 0.25) is 0 Å². The van der Waals surface area contributed by atoms with Crippen LogP contribution in [-0.4, -0.2) is 30.6 Å². The first-order chi connectivity index (χ1) is 9.08. The molecule has 0 spiro atoms. The summed E-state index contributed by atoms with van der Waals surface area (Å²) in [6, 6.07) is 6.03. The second kappa shape index (κ2) is 4.49. The van der Waals surface area contributed by atoms with Crippen LogP contribution >= 0.6 is 0 Å². The predicted octanol–water partition coefficient (Wildman–Crippen LogP) is 1.95. The molecule has 19 heavy (non-hydrogen) atoms. The van der Waals surface area contributed by atoms with Crippen LogP contribution < -0.4 is 10.2 Å². The number of benzene rings is 1. The highest BCUT2D eigenvalue weighted by molar-refractivity contribution is 5.58. The van der Waals surface area contributed by atoms with Crippen LogP contribution in [0.15, 0.2) is 18.2 Å². The maximum absolute atomic E-state index is 11.0. The molecule has 2 heterocycles. The number of nitrogens with one attached hydrogen (secondary N) is 1. The Morgan fingerprint density at radius 2 is 2.21 bits per heavy atom. The van der Waals surface area contributed by atoms with Gasteiger partial charge in [0, 0.05) is 43.0 Å². The molecule has 0 amide bonds. The zero-order valence-corrected chi connectivity index (χ0v) is 11.3. The number of nitro groups is 1. The van der Waals surface area contributed by atoms with Crippen LogP contribution in [0.4, 0.5) is 11.4 Å². The molecule has 5 heteroatoms. The van der Waals surface area contributed by atoms with Crippen molar-refractivity contribution in [1.29, 1.82) is 0 Å². The first-order valence-corrected chi connectivity index (χ1v) is 6.80. The van der Waals surface area contributed by atoms with Crippen LogP contribution in [0.1, 0.15) is 12.5 Å². The maximum atomic E-state index is 11.0. The summed E-state index contributed by atoms with van der Waals surface area (Å²) in [5.41, 5.74) is 1.93. The lowest BCUT2D eigenvalue weighted by Crippen LogP contribution is -2.33. The molecule has 1 N–H and O–H groups in total. The lowest BCUT2D eigenvalue weighted by Gasteiger charge is -2.26. The van der Waals surface area contributed by atoms with Crippen molar-refractivity contribution >= 4 is 11.4 Å². The highest BCUT2D eigenvalue weighted by Gasteiger charge is 2.42. The number of hydrogen-bond donors (Lipinski definition) is 1. The molecular weight excluding hydrogens is 242 g/mol. The van der Waals surface area contributed by atoms with Gasteiger partial charge < -0.3 is 10.2 Å². The van der Waals surface area contributed by atoms with E-state index in [4.69, 9.17) is 0 Å². The topological polar surface area (TPSA) is 58.4 Å². The molecule has 1 aromatic carbocycles. The van der Waals surface area contributed by atoms with Crippen LogP contribution in [0.3, 0.4) is 0 Å². The van der Waals surface area contributed by atoms with E-state index in [0.29, 0.717) is 17.9 Å². The minimum atomic E-state index is -0.290. The van der Waals surface area contributed by atoms with Crippen molar-refractivity contribution in [3.63, 3.8) is 0 Å². The van der Waals surface area contributed by atoms with Crippen molar-refractivity contribution < 1.29 is 4.92 Å². The predicted molar refractivity (Wildman–Crippen MR) is 74.5 cm³/mol. The Kier molecular flexibility index (Phi) is 2.93. The molecule has 2 fully saturated rings. The minimum absolute atomic E-state index is 0.222. The maximum Gasteiger partial charge on any atom is 0.274 e. The van der Waals surface area contributed by atoms with Crippen LogP contribution in [-0.2, 0) is 0 Å². The lowest BCUT2D eigenvalue weighted by atomic mass is 9.95. The van der Waals surface area contributed by atoms with Gasteiger partial charge in [-0.1, -0.05) is 6.07 Å². The average Bonchev–Trinajstić information content (AvgIpc) is 2.93. The molecule has 0 radical (unpaired) electrons. The second-order valence-electron chi connectivity index (χ2n) is 5.70. The molecule has 2 aliphatic heterocycles. The third-order valence-corrected chi connectivity index (χ3v) is 4.66. The van der Waals surface area contributed by atoms with E-state index < -0.39 is 0 Å². The van der Waals surface area contributed by atoms with Crippen molar-refractivity contribution in [3.05, 3.63) is 33.9 Å². The summed E-state index contributed by atoms with van der Waals surface area (Å²) in [5, 5.41) is 14.5. The van der Waals surface area contributed by atoms with Gasteiger partial charge in [0.15, 0.2) is 0 Å². The van der Waals surface area contributed by atoms with E-state index in [1.165, 1.54) is 0 Å². The van der Waals surface area contributed by atoms with Gasteiger partial charge >= 0.3 is 0 Å². The summed E-state index contributed by atoms with van der Waals surface area (Å²) >= 11 is 0. The van der Waals surface area contributed by atoms with Crippen LogP contribution in [0.2, 0.25) is 0 Å². The van der Waals surface area contributed by atoms with E-state index in [1.807, 2.05) is 12.1 Å². The van der Waals surface area contributed by atoms with Crippen molar-refractivity contribution in [2.24, 2.45) is 11.8 Å². The van der Waals surface area contributed by atoms with Crippen molar-refractivity contribution in [2.45, 2.75) is 19.9 Å². The molecule has 5 nitrogen and oxygen atoms in total. The van der Waals surface area contributed by atoms with Gasteiger partial charge in [-0.3, -0.25) is 10.1 Å². The summed E-state index contributed by atoms with van der Waals surface area (Å²) in [7, 11) is 0. The highest BCUT2D eigenvalue weighted by atomic mass is 16.6. The summed E-state index contributed by atoms with van der Waals surface area (Å²) in [5.74, 6) is 1.34. The fourth-order valence-electron chi connectivity index (χ4n) is 3.48. The minimum Gasteiger partial charge on any atom is -0.368 e. The Bertz CT molecular complexity index is 517. The fraction of sp³-hybridized carbons (Fsp3) is 0.571. The molecule has 2 aliphatic rings. The average molecular weight is 261 g/mol. The molecule has 1 aromatic rings. The molecule has 102 valence electrons. The second-order valence-corrected chi connectivity index (χ2v) is 5.70. The quantitative estimate of drug-likeness (QED) is 0.653. The van der Waals surface area contributed by atoms with Gasteiger partial charge in [0.1, 0.15) is 0 Å². The largest absolute Gasteiger partial charge is 0.368 e. The van der Waals surface area contributed by atoms with Crippen molar-refractivity contribution in [1.82, 2.24) is 5.32 Å². The van der Waals surface area contributed by atoms with Gasteiger partial charge in [-0.05, 0) is 31.7 Å². The summed E-state index contributed by atoms with van der Waals surface area (Å²) in [6.45, 7) is 7.14. The van der Waals surface area contributed by atoms with Crippen LogP contribution in [0.25, 0.3) is 0 Å². The van der Waals surface area contributed by atoms with E-state index in [9.17, 15) is 10.1 Å². The van der Waals surface area contributed by atoms with E-state index in [1.54, 1.807) is 13.0 Å². The van der Waals surface area contributed by atoms with Gasteiger partial charge in [0.25, 0.3) is 5.69 Å². The monoisotopic (exact) mass is 261 g/mol. The molecule has 0 aromatic heterocycles. The zero-order chi connectivity index (χ0) is 13.6. The van der Waals surface area contributed by atoms with E-state index in [0.717, 1.165) is 30.9 Å². The molecule has 3 atom stereocenters. The first kappa shape index (κ1) is 12.4. The molecule has 0 saturated carbocycles. The van der Waals surface area contributed by atoms with Gasteiger partial charge in [0.05, 0.1) is 4.92 Å². The van der Waals surface area contributed by atoms with Gasteiger partial charge in [-0.25, -0.2) is 0 Å². The number of fused-ring (bicyclic) bond motifs is 1. The molecule has 0 bridgehead atoms. The Balaban J connectivity index is 1.91. The highest BCUT2D eigenvalue weighted by Crippen LogP contribution is 2.37. The molecule has 2 saturated heterocycles. The Morgan fingerprint density at radius 1 is 1.42 bits per heavy atom. The molecule has 3 rings (SSSR count). The third kappa shape index (κ3) is 1.98. The van der Waals surface area contributed by atoms with Gasteiger partial charge in [-0.2, -0.15) is 0 Å². The van der Waals surface area contributed by atoms with Crippen molar-refractivity contribution in [2.75, 3.05) is 24.5 Å². The number of aryl methyl sites for hydroxylation is 1. The normalized spacial score (nSPS) is 29.6. The third-order valence-electron chi connectivity index (χ3n) is 4.66. The summed E-state index contributed by atoms with van der Waals surface area (Å²) in [4.78, 5) is 13.1. The van der Waals surface area contributed by atoms with Crippen LogP contribution in [0, 0.1) is 28.9 Å². The van der Waals surface area contributed by atoms with E-state index >= 15 is 0 Å². The Labute approximate surface area is 112 Å². The smallest absolute Gasteiger partial charge is 0.274 e. The standard InChI is InChI=1S/C14H19N3O2/c1-9-3-4-12(5-14(9)17(18)19)16-8-11-6-15-7-13(11)10(16)2/h3-5,10-11,13,15H,6-8H2,1-2H3. The summed E-state index contributed by atoms with van der Waals surface area (Å²) in [6.07, 6.45) is 0. The molecule has 3 unspecified atom stereocenters. The van der Waals surface area contributed by atoms with Crippen LogP contribution in [0.5, 0.6) is 0 Å². The molecule has 0 aliphatic carbocycles. The Morgan fingerprint density at radius 3 is 2.89 bits per heavy atom. The van der Waals surface area contributed by atoms with E-state index in [-0.39, 0.29) is 10.6 Å². The van der Waals surface area contributed by atoms with Gasteiger partial charge in [-0.15, -0.1) is 0 Å².